The van der Waals surface area contributed by atoms with Crippen molar-refractivity contribution < 1.29 is 14.7 Å². The van der Waals surface area contributed by atoms with Gasteiger partial charge in [-0.15, -0.1) is 11.3 Å². The second-order valence-electron chi connectivity index (χ2n) is 3.91. The van der Waals surface area contributed by atoms with Gasteiger partial charge in [-0.2, -0.15) is 5.10 Å². The van der Waals surface area contributed by atoms with E-state index in [2.05, 4.69) is 15.4 Å². The smallest absolute Gasteiger partial charge is 0.325 e. The molecular formula is C12H12N4O3S. The summed E-state index contributed by atoms with van der Waals surface area (Å²) >= 11 is 1.50. The van der Waals surface area contributed by atoms with Gasteiger partial charge in [-0.25, -0.2) is 4.98 Å². The molecule has 8 heteroatoms. The number of hydrogen-bond acceptors (Lipinski definition) is 5. The molecule has 2 aromatic rings. The van der Waals surface area contributed by atoms with E-state index in [1.807, 2.05) is 12.3 Å². The molecule has 2 N–H and O–H groups in total. The van der Waals surface area contributed by atoms with Crippen molar-refractivity contribution in [2.24, 2.45) is 0 Å². The van der Waals surface area contributed by atoms with Crippen LogP contribution < -0.4 is 5.32 Å². The number of amides is 1. The molecule has 1 amide bonds. The van der Waals surface area contributed by atoms with E-state index in [0.29, 0.717) is 5.82 Å². The molecule has 0 aliphatic heterocycles. The first-order valence-corrected chi connectivity index (χ1v) is 6.57. The van der Waals surface area contributed by atoms with Crippen LogP contribution in [0.5, 0.6) is 0 Å². The molecule has 0 spiro atoms. The lowest BCUT2D eigenvalue weighted by Gasteiger charge is -1.97. The Labute approximate surface area is 118 Å². The van der Waals surface area contributed by atoms with Gasteiger partial charge in [0.25, 0.3) is 0 Å². The highest BCUT2D eigenvalue weighted by molar-refractivity contribution is 7.09. The molecule has 0 aliphatic carbocycles. The van der Waals surface area contributed by atoms with Gasteiger partial charge in [0, 0.05) is 23.7 Å². The molecule has 0 unspecified atom stereocenters. The van der Waals surface area contributed by atoms with Crippen LogP contribution in [0.1, 0.15) is 10.7 Å². The maximum Gasteiger partial charge on any atom is 0.325 e. The van der Waals surface area contributed by atoms with Gasteiger partial charge >= 0.3 is 5.97 Å². The summed E-state index contributed by atoms with van der Waals surface area (Å²) < 4.78 is 1.23. The summed E-state index contributed by atoms with van der Waals surface area (Å²) in [6.45, 7) is 1.64. The number of hydrogen-bond donors (Lipinski definition) is 2. The predicted molar refractivity (Wildman–Crippen MR) is 74.4 cm³/mol. The van der Waals surface area contributed by atoms with Gasteiger partial charge in [0.05, 0.1) is 10.7 Å². The Morgan fingerprint density at radius 2 is 2.35 bits per heavy atom. The molecule has 2 rings (SSSR count). The van der Waals surface area contributed by atoms with E-state index < -0.39 is 5.97 Å². The van der Waals surface area contributed by atoms with Crippen molar-refractivity contribution in [2.75, 3.05) is 5.32 Å². The van der Waals surface area contributed by atoms with Gasteiger partial charge in [-0.05, 0) is 13.0 Å². The molecule has 0 aliphatic rings. The molecule has 0 saturated carbocycles. The Hall–Kier alpha value is -2.48. The average Bonchev–Trinajstić information content (AvgIpc) is 2.95. The van der Waals surface area contributed by atoms with Crippen molar-refractivity contribution >= 4 is 35.1 Å². The van der Waals surface area contributed by atoms with Crippen molar-refractivity contribution in [1.29, 1.82) is 0 Å². The molecule has 0 fully saturated rings. The van der Waals surface area contributed by atoms with E-state index >= 15 is 0 Å². The maximum absolute atomic E-state index is 11.6. The summed E-state index contributed by atoms with van der Waals surface area (Å²) in [6.07, 6.45) is 4.44. The number of aromatic nitrogens is 3. The lowest BCUT2D eigenvalue weighted by Crippen LogP contribution is -2.11. The molecule has 2 aromatic heterocycles. The van der Waals surface area contributed by atoms with Crippen LogP contribution in [0.15, 0.2) is 23.7 Å². The van der Waals surface area contributed by atoms with Crippen molar-refractivity contribution in [1.82, 2.24) is 14.8 Å². The molecule has 0 saturated heterocycles. The number of aliphatic carboxylic acids is 1. The number of anilines is 1. The highest BCUT2D eigenvalue weighted by Gasteiger charge is 2.04. The van der Waals surface area contributed by atoms with Gasteiger partial charge in [0.15, 0.2) is 5.82 Å². The Bertz CT molecular complexity index is 659. The van der Waals surface area contributed by atoms with Crippen molar-refractivity contribution in [2.45, 2.75) is 13.5 Å². The third-order valence-electron chi connectivity index (χ3n) is 2.23. The minimum atomic E-state index is -0.996. The van der Waals surface area contributed by atoms with Crippen LogP contribution in [0.3, 0.4) is 0 Å². The summed E-state index contributed by atoms with van der Waals surface area (Å²) in [5, 5.41) is 17.8. The van der Waals surface area contributed by atoms with Crippen molar-refractivity contribution in [3.63, 3.8) is 0 Å². The number of carboxylic acids is 1. The largest absolute Gasteiger partial charge is 0.480 e. The molecule has 104 valence electrons. The number of nitrogens with zero attached hydrogens (tertiary/aromatic N) is 3. The van der Waals surface area contributed by atoms with Crippen LogP contribution in [0, 0.1) is 6.92 Å². The summed E-state index contributed by atoms with van der Waals surface area (Å²) in [6, 6.07) is 1.53. The molecule has 20 heavy (non-hydrogen) atoms. The van der Waals surface area contributed by atoms with Crippen LogP contribution in [0.2, 0.25) is 0 Å². The number of carbonyl (C=O) groups excluding carboxylic acids is 1. The fraction of sp³-hybridized carbons (Fsp3) is 0.167. The minimum Gasteiger partial charge on any atom is -0.480 e. The van der Waals surface area contributed by atoms with E-state index in [-0.39, 0.29) is 12.5 Å². The van der Waals surface area contributed by atoms with Gasteiger partial charge in [-0.1, -0.05) is 0 Å². The third kappa shape index (κ3) is 4.02. The normalized spacial score (nSPS) is 10.8. The Balaban J connectivity index is 1.92. The number of carboxylic acid groups (broad SMARTS) is 1. The third-order valence-corrected chi connectivity index (χ3v) is 3.02. The molecule has 0 bridgehead atoms. The predicted octanol–water partition coefficient (Wildman–Crippen LogP) is 1.38. The summed E-state index contributed by atoms with van der Waals surface area (Å²) in [7, 11) is 0. The number of aryl methyl sites for hydroxylation is 1. The second-order valence-corrected chi connectivity index (χ2v) is 4.97. The zero-order chi connectivity index (χ0) is 14.5. The Morgan fingerprint density at radius 1 is 1.55 bits per heavy atom. The fourth-order valence-electron chi connectivity index (χ4n) is 1.44. The quantitative estimate of drug-likeness (QED) is 0.811. The molecule has 0 atom stereocenters. The van der Waals surface area contributed by atoms with Crippen LogP contribution in [0.25, 0.3) is 6.08 Å². The SMILES string of the molecule is Cc1nc(/C=C/C(=O)Nc2ccn(CC(=O)O)n2)cs1. The molecule has 2 heterocycles. The first kappa shape index (κ1) is 13.9. The number of rotatable bonds is 5. The number of thiazole rings is 1. The molecule has 7 nitrogen and oxygen atoms in total. The van der Waals surface area contributed by atoms with Gasteiger partial charge in [-0.3, -0.25) is 14.3 Å². The van der Waals surface area contributed by atoms with Gasteiger partial charge in [0.1, 0.15) is 6.54 Å². The zero-order valence-corrected chi connectivity index (χ0v) is 11.4. The van der Waals surface area contributed by atoms with E-state index in [4.69, 9.17) is 5.11 Å². The van der Waals surface area contributed by atoms with Crippen molar-refractivity contribution in [3.05, 3.63) is 34.4 Å². The van der Waals surface area contributed by atoms with Crippen LogP contribution in [-0.2, 0) is 16.1 Å². The van der Waals surface area contributed by atoms with Crippen LogP contribution in [-0.4, -0.2) is 31.7 Å². The Kier molecular flexibility index (Phi) is 4.26. The summed E-state index contributed by atoms with van der Waals surface area (Å²) in [5.74, 6) is -1.05. The first-order valence-electron chi connectivity index (χ1n) is 5.69. The molecule has 0 radical (unpaired) electrons. The van der Waals surface area contributed by atoms with Crippen molar-refractivity contribution in [3.8, 4) is 0 Å². The van der Waals surface area contributed by atoms with E-state index in [0.717, 1.165) is 10.7 Å². The molecule has 0 aromatic carbocycles. The minimum absolute atomic E-state index is 0.246. The van der Waals surface area contributed by atoms with Crippen LogP contribution >= 0.6 is 11.3 Å². The van der Waals surface area contributed by atoms with E-state index in [1.165, 1.54) is 34.4 Å². The standard InChI is InChI=1S/C12H12N4O3S/c1-8-13-9(7-20-8)2-3-11(17)14-10-4-5-16(15-10)6-12(18)19/h2-5,7H,6H2,1H3,(H,18,19)(H,14,15,17)/b3-2+. The number of nitrogens with one attached hydrogen (secondary N) is 1. The van der Waals surface area contributed by atoms with Crippen LogP contribution in [0.4, 0.5) is 5.82 Å². The zero-order valence-electron chi connectivity index (χ0n) is 10.6. The van der Waals surface area contributed by atoms with Gasteiger partial charge in [0.2, 0.25) is 5.91 Å². The average molecular weight is 292 g/mol. The Morgan fingerprint density at radius 3 is 3.00 bits per heavy atom. The fourth-order valence-corrected chi connectivity index (χ4v) is 2.02. The summed E-state index contributed by atoms with van der Waals surface area (Å²) in [5.41, 5.74) is 0.721. The monoisotopic (exact) mass is 292 g/mol. The van der Waals surface area contributed by atoms with Gasteiger partial charge < -0.3 is 10.4 Å². The van der Waals surface area contributed by atoms with E-state index in [9.17, 15) is 9.59 Å². The first-order chi connectivity index (χ1) is 9.52. The maximum atomic E-state index is 11.6. The number of carbonyl (C=O) groups is 2. The second kappa shape index (κ2) is 6.11. The highest BCUT2D eigenvalue weighted by Crippen LogP contribution is 2.09. The topological polar surface area (TPSA) is 97.1 Å². The summed E-state index contributed by atoms with van der Waals surface area (Å²) in [4.78, 5) is 26.3. The van der Waals surface area contributed by atoms with E-state index in [1.54, 1.807) is 6.08 Å². The molecular weight excluding hydrogens is 280 g/mol. The highest BCUT2D eigenvalue weighted by atomic mass is 32.1. The lowest BCUT2D eigenvalue weighted by atomic mass is 10.4. The lowest BCUT2D eigenvalue weighted by molar-refractivity contribution is -0.137.